The van der Waals surface area contributed by atoms with Gasteiger partial charge in [-0.3, -0.25) is 4.79 Å². The summed E-state index contributed by atoms with van der Waals surface area (Å²) >= 11 is 6.87. The first-order valence-electron chi connectivity index (χ1n) is 6.19. The normalized spacial score (nSPS) is 12.4. The number of hydrogen-bond donors (Lipinski definition) is 1. The van der Waals surface area contributed by atoms with Gasteiger partial charge in [0.2, 0.25) is 0 Å². The molecule has 0 bridgehead atoms. The lowest BCUT2D eigenvalue weighted by molar-refractivity contribution is -0.124. The molecule has 1 rings (SSSR count). The van der Waals surface area contributed by atoms with Crippen molar-refractivity contribution in [3.8, 4) is 5.75 Å². The zero-order chi connectivity index (χ0) is 14.6. The maximum atomic E-state index is 11.8. The average Bonchev–Trinajstić information content (AvgIpc) is 2.27. The first kappa shape index (κ1) is 16.5. The molecule has 5 heteroatoms. The van der Waals surface area contributed by atoms with Gasteiger partial charge in [-0.05, 0) is 69.3 Å². The fraction of sp³-hybridized carbons (Fsp3) is 0.500. The molecule has 106 valence electrons. The lowest BCUT2D eigenvalue weighted by atomic mass is 10.1. The van der Waals surface area contributed by atoms with Crippen molar-refractivity contribution in [1.82, 2.24) is 5.32 Å². The van der Waals surface area contributed by atoms with Crippen LogP contribution in [0.3, 0.4) is 0 Å². The Balaban J connectivity index is 2.60. The van der Waals surface area contributed by atoms with Crippen LogP contribution in [0.2, 0.25) is 0 Å². The van der Waals surface area contributed by atoms with Crippen molar-refractivity contribution in [2.24, 2.45) is 5.92 Å². The van der Waals surface area contributed by atoms with Gasteiger partial charge in [0.25, 0.3) is 5.91 Å². The first-order chi connectivity index (χ1) is 8.81. The van der Waals surface area contributed by atoms with Crippen molar-refractivity contribution in [3.63, 3.8) is 0 Å². The summed E-state index contributed by atoms with van der Waals surface area (Å²) in [7, 11) is 0. The minimum Gasteiger partial charge on any atom is -0.481 e. The Bertz CT molecular complexity index is 438. The van der Waals surface area contributed by atoms with Crippen LogP contribution in [0.15, 0.2) is 21.1 Å². The summed E-state index contributed by atoms with van der Waals surface area (Å²) in [5.74, 6) is 0.945. The van der Waals surface area contributed by atoms with E-state index < -0.39 is 0 Å². The molecule has 0 fully saturated rings. The molecular formula is C14H19Br2NO2. The van der Waals surface area contributed by atoms with Crippen LogP contribution in [0.1, 0.15) is 26.3 Å². The summed E-state index contributed by atoms with van der Waals surface area (Å²) < 4.78 is 7.23. The Morgan fingerprint density at radius 2 is 1.79 bits per heavy atom. The molecule has 0 spiro atoms. The van der Waals surface area contributed by atoms with Crippen molar-refractivity contribution in [1.29, 1.82) is 0 Å². The van der Waals surface area contributed by atoms with E-state index in [1.165, 1.54) is 0 Å². The zero-order valence-electron chi connectivity index (χ0n) is 11.6. The van der Waals surface area contributed by atoms with E-state index in [9.17, 15) is 4.79 Å². The van der Waals surface area contributed by atoms with Gasteiger partial charge in [0.15, 0.2) is 6.61 Å². The SMILES string of the molecule is Cc1cc(Br)c(OCC(=O)N[C@@H](C)C(C)C)c(Br)c1. The topological polar surface area (TPSA) is 38.3 Å². The third-order valence-electron chi connectivity index (χ3n) is 2.88. The highest BCUT2D eigenvalue weighted by atomic mass is 79.9. The summed E-state index contributed by atoms with van der Waals surface area (Å²) in [6.45, 7) is 8.13. The molecule has 0 aliphatic rings. The molecule has 0 aliphatic heterocycles. The van der Waals surface area contributed by atoms with Crippen LogP contribution in [0.4, 0.5) is 0 Å². The van der Waals surface area contributed by atoms with E-state index in [0.29, 0.717) is 11.7 Å². The highest BCUT2D eigenvalue weighted by Gasteiger charge is 2.13. The summed E-state index contributed by atoms with van der Waals surface area (Å²) in [4.78, 5) is 11.8. The predicted octanol–water partition coefficient (Wildman–Crippen LogP) is 4.06. The van der Waals surface area contributed by atoms with Gasteiger partial charge in [0.05, 0.1) is 8.95 Å². The number of halogens is 2. The van der Waals surface area contributed by atoms with Crippen LogP contribution in [-0.2, 0) is 4.79 Å². The Morgan fingerprint density at radius 3 is 2.26 bits per heavy atom. The monoisotopic (exact) mass is 391 g/mol. The number of rotatable bonds is 5. The van der Waals surface area contributed by atoms with Crippen LogP contribution < -0.4 is 10.1 Å². The summed E-state index contributed by atoms with van der Waals surface area (Å²) in [5, 5.41) is 2.91. The third kappa shape index (κ3) is 5.15. The predicted molar refractivity (Wildman–Crippen MR) is 84.5 cm³/mol. The van der Waals surface area contributed by atoms with E-state index in [0.717, 1.165) is 14.5 Å². The fourth-order valence-electron chi connectivity index (χ4n) is 1.42. The van der Waals surface area contributed by atoms with Crippen molar-refractivity contribution in [3.05, 3.63) is 26.6 Å². The number of aryl methyl sites for hydroxylation is 1. The minimum absolute atomic E-state index is 0.0112. The van der Waals surface area contributed by atoms with E-state index in [-0.39, 0.29) is 18.6 Å². The molecule has 0 aromatic heterocycles. The van der Waals surface area contributed by atoms with Gasteiger partial charge in [-0.15, -0.1) is 0 Å². The second-order valence-electron chi connectivity index (χ2n) is 4.95. The maximum Gasteiger partial charge on any atom is 0.258 e. The van der Waals surface area contributed by atoms with Crippen LogP contribution in [0.5, 0.6) is 5.75 Å². The number of benzene rings is 1. The number of hydrogen-bond acceptors (Lipinski definition) is 2. The largest absolute Gasteiger partial charge is 0.481 e. The molecule has 0 saturated carbocycles. The minimum atomic E-state index is -0.111. The van der Waals surface area contributed by atoms with E-state index >= 15 is 0 Å². The second-order valence-corrected chi connectivity index (χ2v) is 6.66. The average molecular weight is 393 g/mol. The molecule has 1 aromatic carbocycles. The molecule has 0 saturated heterocycles. The van der Waals surface area contributed by atoms with Crippen LogP contribution in [0, 0.1) is 12.8 Å². The molecule has 1 N–H and O–H groups in total. The fourth-order valence-corrected chi connectivity index (χ4v) is 3.07. The number of carbonyl (C=O) groups is 1. The van der Waals surface area contributed by atoms with Crippen LogP contribution in [-0.4, -0.2) is 18.6 Å². The molecule has 1 atom stereocenters. The Morgan fingerprint density at radius 1 is 1.26 bits per heavy atom. The molecule has 0 unspecified atom stereocenters. The second kappa shape index (κ2) is 7.29. The van der Waals surface area contributed by atoms with Gasteiger partial charge < -0.3 is 10.1 Å². The zero-order valence-corrected chi connectivity index (χ0v) is 14.8. The molecule has 0 aliphatic carbocycles. The van der Waals surface area contributed by atoms with Crippen molar-refractivity contribution < 1.29 is 9.53 Å². The van der Waals surface area contributed by atoms with E-state index in [2.05, 4.69) is 51.0 Å². The van der Waals surface area contributed by atoms with Crippen LogP contribution >= 0.6 is 31.9 Å². The van der Waals surface area contributed by atoms with E-state index in [1.54, 1.807) is 0 Å². The van der Waals surface area contributed by atoms with Gasteiger partial charge in [-0.1, -0.05) is 13.8 Å². The van der Waals surface area contributed by atoms with Crippen molar-refractivity contribution in [2.45, 2.75) is 33.7 Å². The van der Waals surface area contributed by atoms with Crippen molar-refractivity contribution in [2.75, 3.05) is 6.61 Å². The Hall–Kier alpha value is -0.550. The standard InChI is InChI=1S/C14H19Br2NO2/c1-8(2)10(4)17-13(18)7-19-14-11(15)5-9(3)6-12(14)16/h5-6,8,10H,7H2,1-4H3,(H,17,18)/t10-/m0/s1. The highest BCUT2D eigenvalue weighted by molar-refractivity contribution is 9.11. The molecule has 1 amide bonds. The quantitative estimate of drug-likeness (QED) is 0.820. The third-order valence-corrected chi connectivity index (χ3v) is 4.06. The number of nitrogens with one attached hydrogen (secondary N) is 1. The Kier molecular flexibility index (Phi) is 6.33. The summed E-state index contributed by atoms with van der Waals surface area (Å²) in [5.41, 5.74) is 1.11. The van der Waals surface area contributed by atoms with E-state index in [4.69, 9.17) is 4.74 Å². The summed E-state index contributed by atoms with van der Waals surface area (Å²) in [6.07, 6.45) is 0. The lowest BCUT2D eigenvalue weighted by Gasteiger charge is -2.18. The molecule has 0 heterocycles. The molecular weight excluding hydrogens is 374 g/mol. The van der Waals surface area contributed by atoms with Gasteiger partial charge in [-0.2, -0.15) is 0 Å². The van der Waals surface area contributed by atoms with Crippen molar-refractivity contribution >= 4 is 37.8 Å². The number of carbonyl (C=O) groups excluding carboxylic acids is 1. The van der Waals surface area contributed by atoms with Crippen LogP contribution in [0.25, 0.3) is 0 Å². The maximum absolute atomic E-state index is 11.8. The summed E-state index contributed by atoms with van der Waals surface area (Å²) in [6, 6.07) is 4.05. The van der Waals surface area contributed by atoms with Gasteiger partial charge in [-0.25, -0.2) is 0 Å². The molecule has 3 nitrogen and oxygen atoms in total. The highest BCUT2D eigenvalue weighted by Crippen LogP contribution is 2.34. The molecule has 19 heavy (non-hydrogen) atoms. The van der Waals surface area contributed by atoms with Gasteiger partial charge >= 0.3 is 0 Å². The van der Waals surface area contributed by atoms with E-state index in [1.807, 2.05) is 26.0 Å². The van der Waals surface area contributed by atoms with Gasteiger partial charge in [0, 0.05) is 6.04 Å². The van der Waals surface area contributed by atoms with Gasteiger partial charge in [0.1, 0.15) is 5.75 Å². The smallest absolute Gasteiger partial charge is 0.258 e. The molecule has 0 radical (unpaired) electrons. The number of ether oxygens (including phenoxy) is 1. The lowest BCUT2D eigenvalue weighted by Crippen LogP contribution is -2.39. The first-order valence-corrected chi connectivity index (χ1v) is 7.77. The number of amides is 1. The molecule has 1 aromatic rings. The Labute approximate surface area is 131 Å².